The van der Waals surface area contributed by atoms with Crippen molar-refractivity contribution in [3.8, 4) is 5.75 Å². The number of carbonyl (C=O) groups is 1. The Hall–Kier alpha value is -1.30. The summed E-state index contributed by atoms with van der Waals surface area (Å²) >= 11 is 6.15. The van der Waals surface area contributed by atoms with Crippen LogP contribution in [0.5, 0.6) is 5.75 Å². The third-order valence-electron chi connectivity index (χ3n) is 2.62. The van der Waals surface area contributed by atoms with Gasteiger partial charge in [0.2, 0.25) is 0 Å². The van der Waals surface area contributed by atoms with E-state index in [9.17, 15) is 4.79 Å². The highest BCUT2D eigenvalue weighted by Crippen LogP contribution is 2.25. The minimum absolute atomic E-state index is 0.0384. The number of rotatable bonds is 9. The molecule has 0 heterocycles. The van der Waals surface area contributed by atoms with Gasteiger partial charge in [0.25, 0.3) is 5.91 Å². The topological polar surface area (TPSA) is 59.6 Å². The van der Waals surface area contributed by atoms with Gasteiger partial charge in [-0.05, 0) is 31.5 Å². The van der Waals surface area contributed by atoms with Gasteiger partial charge in [0.15, 0.2) is 6.61 Å². The van der Waals surface area contributed by atoms with Gasteiger partial charge < -0.3 is 20.1 Å². The molecule has 0 saturated heterocycles. The molecule has 0 atom stereocenters. The Balaban J connectivity index is 2.44. The molecule has 0 radical (unpaired) electrons. The Morgan fingerprint density at radius 2 is 2.14 bits per heavy atom. The second-order valence-corrected chi connectivity index (χ2v) is 5.35. The summed E-state index contributed by atoms with van der Waals surface area (Å²) in [7, 11) is 1.67. The Kier molecular flexibility index (Phi) is 8.12. The van der Waals surface area contributed by atoms with Crippen molar-refractivity contribution in [1.29, 1.82) is 0 Å². The molecule has 2 N–H and O–H groups in total. The van der Waals surface area contributed by atoms with E-state index in [0.29, 0.717) is 23.9 Å². The number of methoxy groups -OCH3 is 1. The molecule has 21 heavy (non-hydrogen) atoms. The molecule has 1 amide bonds. The van der Waals surface area contributed by atoms with Crippen LogP contribution in [0.2, 0.25) is 5.02 Å². The predicted molar refractivity (Wildman–Crippen MR) is 83.8 cm³/mol. The van der Waals surface area contributed by atoms with Gasteiger partial charge in [-0.25, -0.2) is 0 Å². The van der Waals surface area contributed by atoms with Crippen LogP contribution in [0.15, 0.2) is 18.2 Å². The van der Waals surface area contributed by atoms with E-state index in [1.54, 1.807) is 13.2 Å². The molecule has 0 aromatic heterocycles. The van der Waals surface area contributed by atoms with Crippen LogP contribution in [0.4, 0.5) is 0 Å². The Morgan fingerprint density at radius 1 is 1.38 bits per heavy atom. The van der Waals surface area contributed by atoms with Gasteiger partial charge >= 0.3 is 0 Å². The van der Waals surface area contributed by atoms with Crippen molar-refractivity contribution in [2.24, 2.45) is 0 Å². The summed E-state index contributed by atoms with van der Waals surface area (Å²) in [5.74, 6) is 0.350. The molecule has 5 nitrogen and oxygen atoms in total. The molecule has 0 saturated carbocycles. The zero-order valence-corrected chi connectivity index (χ0v) is 13.5. The van der Waals surface area contributed by atoms with Crippen LogP contribution in [-0.4, -0.2) is 38.8 Å². The average Bonchev–Trinajstić information content (AvgIpc) is 2.42. The summed E-state index contributed by atoms with van der Waals surface area (Å²) < 4.78 is 10.4. The molecule has 1 aromatic rings. The number of ether oxygens (including phenoxy) is 2. The SMILES string of the molecule is COCCNCc1ccc(OCC(=O)NC(C)C)c(Cl)c1. The highest BCUT2D eigenvalue weighted by atomic mass is 35.5. The van der Waals surface area contributed by atoms with E-state index in [4.69, 9.17) is 21.1 Å². The molecule has 0 fully saturated rings. The molecule has 0 aliphatic heterocycles. The fraction of sp³-hybridized carbons (Fsp3) is 0.533. The number of nitrogens with one attached hydrogen (secondary N) is 2. The summed E-state index contributed by atoms with van der Waals surface area (Å²) in [6.07, 6.45) is 0. The quantitative estimate of drug-likeness (QED) is 0.684. The summed E-state index contributed by atoms with van der Waals surface area (Å²) in [6, 6.07) is 5.62. The van der Waals surface area contributed by atoms with E-state index in [2.05, 4.69) is 10.6 Å². The predicted octanol–water partition coefficient (Wildman–Crippen LogP) is 1.98. The number of hydrogen-bond donors (Lipinski definition) is 2. The van der Waals surface area contributed by atoms with E-state index in [-0.39, 0.29) is 18.6 Å². The summed E-state index contributed by atoms with van der Waals surface area (Å²) in [4.78, 5) is 11.5. The van der Waals surface area contributed by atoms with Gasteiger partial charge in [-0.15, -0.1) is 0 Å². The van der Waals surface area contributed by atoms with E-state index in [1.165, 1.54) is 0 Å². The minimum Gasteiger partial charge on any atom is -0.482 e. The van der Waals surface area contributed by atoms with Crippen LogP contribution in [0.3, 0.4) is 0 Å². The van der Waals surface area contributed by atoms with E-state index in [0.717, 1.165) is 12.1 Å². The molecule has 0 unspecified atom stereocenters. The molecular weight excluding hydrogens is 292 g/mol. The molecule has 0 spiro atoms. The summed E-state index contributed by atoms with van der Waals surface area (Å²) in [5.41, 5.74) is 1.05. The van der Waals surface area contributed by atoms with E-state index in [1.807, 2.05) is 26.0 Å². The molecule has 0 aliphatic rings. The minimum atomic E-state index is -0.161. The molecule has 0 aliphatic carbocycles. The van der Waals surface area contributed by atoms with Gasteiger partial charge in [-0.2, -0.15) is 0 Å². The number of carbonyl (C=O) groups excluding carboxylic acids is 1. The number of halogens is 1. The number of amides is 1. The van der Waals surface area contributed by atoms with Crippen LogP contribution in [0.1, 0.15) is 19.4 Å². The second-order valence-electron chi connectivity index (χ2n) is 4.95. The van der Waals surface area contributed by atoms with Gasteiger partial charge in [0, 0.05) is 26.2 Å². The van der Waals surface area contributed by atoms with Crippen molar-refractivity contribution < 1.29 is 14.3 Å². The van der Waals surface area contributed by atoms with E-state index >= 15 is 0 Å². The Bertz CT molecular complexity index is 453. The first-order valence-corrected chi connectivity index (χ1v) is 7.31. The highest BCUT2D eigenvalue weighted by Gasteiger charge is 2.07. The van der Waals surface area contributed by atoms with Gasteiger partial charge in [0.05, 0.1) is 11.6 Å². The zero-order chi connectivity index (χ0) is 15.7. The van der Waals surface area contributed by atoms with Gasteiger partial charge in [-0.3, -0.25) is 4.79 Å². The van der Waals surface area contributed by atoms with Crippen LogP contribution in [0, 0.1) is 0 Å². The van der Waals surface area contributed by atoms with Crippen molar-refractivity contribution in [2.45, 2.75) is 26.4 Å². The molecular formula is C15H23ClN2O3. The maximum Gasteiger partial charge on any atom is 0.258 e. The largest absolute Gasteiger partial charge is 0.482 e. The van der Waals surface area contributed by atoms with Crippen molar-refractivity contribution >= 4 is 17.5 Å². The first kappa shape index (κ1) is 17.8. The smallest absolute Gasteiger partial charge is 0.258 e. The first-order valence-electron chi connectivity index (χ1n) is 6.93. The maximum atomic E-state index is 11.5. The fourth-order valence-electron chi connectivity index (χ4n) is 1.69. The Labute approximate surface area is 131 Å². The molecule has 118 valence electrons. The van der Waals surface area contributed by atoms with Crippen molar-refractivity contribution in [3.63, 3.8) is 0 Å². The lowest BCUT2D eigenvalue weighted by molar-refractivity contribution is -0.123. The zero-order valence-electron chi connectivity index (χ0n) is 12.7. The molecule has 1 aromatic carbocycles. The lowest BCUT2D eigenvalue weighted by Gasteiger charge is -2.11. The normalized spacial score (nSPS) is 10.7. The third-order valence-corrected chi connectivity index (χ3v) is 2.91. The van der Waals surface area contributed by atoms with Crippen LogP contribution >= 0.6 is 11.6 Å². The van der Waals surface area contributed by atoms with Crippen LogP contribution in [-0.2, 0) is 16.1 Å². The van der Waals surface area contributed by atoms with Gasteiger partial charge in [-0.1, -0.05) is 17.7 Å². The standard InChI is InChI=1S/C15H23ClN2O3/c1-11(2)18-15(19)10-21-14-5-4-12(8-13(14)16)9-17-6-7-20-3/h4-5,8,11,17H,6-7,9-10H2,1-3H3,(H,18,19). The van der Waals surface area contributed by atoms with E-state index < -0.39 is 0 Å². The second kappa shape index (κ2) is 9.60. The first-order chi connectivity index (χ1) is 10.0. The summed E-state index contributed by atoms with van der Waals surface area (Å²) in [5, 5.41) is 6.49. The fourth-order valence-corrected chi connectivity index (χ4v) is 1.94. The lowest BCUT2D eigenvalue weighted by Crippen LogP contribution is -2.34. The monoisotopic (exact) mass is 314 g/mol. The van der Waals surface area contributed by atoms with Crippen LogP contribution < -0.4 is 15.4 Å². The lowest BCUT2D eigenvalue weighted by atomic mass is 10.2. The molecule has 1 rings (SSSR count). The van der Waals surface area contributed by atoms with Crippen LogP contribution in [0.25, 0.3) is 0 Å². The molecule has 6 heteroatoms. The van der Waals surface area contributed by atoms with Crippen molar-refractivity contribution in [3.05, 3.63) is 28.8 Å². The maximum absolute atomic E-state index is 11.5. The van der Waals surface area contributed by atoms with Gasteiger partial charge in [0.1, 0.15) is 5.75 Å². The Morgan fingerprint density at radius 3 is 2.76 bits per heavy atom. The average molecular weight is 315 g/mol. The van der Waals surface area contributed by atoms with Crippen molar-refractivity contribution in [1.82, 2.24) is 10.6 Å². The molecule has 0 bridgehead atoms. The highest BCUT2D eigenvalue weighted by molar-refractivity contribution is 6.32. The summed E-state index contributed by atoms with van der Waals surface area (Å²) in [6.45, 7) is 5.91. The third kappa shape index (κ3) is 7.32. The van der Waals surface area contributed by atoms with Crippen molar-refractivity contribution in [2.75, 3.05) is 26.9 Å². The number of benzene rings is 1. The number of hydrogen-bond acceptors (Lipinski definition) is 4.